The van der Waals surface area contributed by atoms with Crippen molar-refractivity contribution in [1.29, 1.82) is 0 Å². The van der Waals surface area contributed by atoms with E-state index in [-0.39, 0.29) is 0 Å². The molecule has 0 saturated carbocycles. The Morgan fingerprint density at radius 3 is 2.25 bits per heavy atom. The summed E-state index contributed by atoms with van der Waals surface area (Å²) in [4.78, 5) is 0. The molecule has 0 aliphatic carbocycles. The summed E-state index contributed by atoms with van der Waals surface area (Å²) in [5.41, 5.74) is 0. The zero-order valence-corrected chi connectivity index (χ0v) is 8.38. The predicted octanol–water partition coefficient (Wildman–Crippen LogP) is 2.35. The van der Waals surface area contributed by atoms with E-state index in [0.29, 0.717) is 6.10 Å². The van der Waals surface area contributed by atoms with Gasteiger partial charge in [-0.15, -0.1) is 0 Å². The van der Waals surface area contributed by atoms with Crippen LogP contribution in [-0.2, 0) is 4.74 Å². The molecule has 1 N–H and O–H groups in total. The molecule has 1 aliphatic rings. The molecule has 0 bridgehead atoms. The van der Waals surface area contributed by atoms with Gasteiger partial charge in [0.1, 0.15) is 0 Å². The zero-order chi connectivity index (χ0) is 9.23. The van der Waals surface area contributed by atoms with E-state index in [1.165, 1.54) is 38.5 Å². The Morgan fingerprint density at radius 1 is 1.17 bits per heavy atom. The minimum Gasteiger partial charge on any atom is -0.400 e. The summed E-state index contributed by atoms with van der Waals surface area (Å²) in [7, 11) is 1.00. The molecule has 12 heavy (non-hydrogen) atoms. The molecule has 2 heteroatoms. The quantitative estimate of drug-likeness (QED) is 0.495. The lowest BCUT2D eigenvalue weighted by molar-refractivity contribution is 0.388. The van der Waals surface area contributed by atoms with Crippen LogP contribution in [0.3, 0.4) is 0 Å². The van der Waals surface area contributed by atoms with Gasteiger partial charge in [-0.05, 0) is 6.42 Å². The number of rotatable bonds is 6. The van der Waals surface area contributed by atoms with Gasteiger partial charge in [0.15, 0.2) is 0 Å². The van der Waals surface area contributed by atoms with Crippen molar-refractivity contribution in [3.8, 4) is 0 Å². The molecule has 1 rings (SSSR count). The van der Waals surface area contributed by atoms with E-state index in [4.69, 9.17) is 9.84 Å². The number of unbranched alkanes of at least 4 members (excludes halogenated alkanes) is 4. The van der Waals surface area contributed by atoms with Crippen LogP contribution >= 0.6 is 0 Å². The van der Waals surface area contributed by atoms with E-state index >= 15 is 0 Å². The number of aliphatic hydroxyl groups is 1. The minimum absolute atomic E-state index is 0.654. The first-order valence-electron chi connectivity index (χ1n) is 5.00. The Labute approximate surface area is 75.9 Å². The van der Waals surface area contributed by atoms with Crippen LogP contribution < -0.4 is 0 Å². The average molecular weight is 174 g/mol. The minimum atomic E-state index is 0.654. The number of hydrogen-bond donors (Lipinski definition) is 1. The van der Waals surface area contributed by atoms with Crippen molar-refractivity contribution >= 4 is 0 Å². The lowest BCUT2D eigenvalue weighted by Crippen LogP contribution is -1.84. The first-order chi connectivity index (χ1) is 5.93. The van der Waals surface area contributed by atoms with E-state index in [0.717, 1.165) is 13.7 Å². The second-order valence-electron chi connectivity index (χ2n) is 3.16. The van der Waals surface area contributed by atoms with E-state index in [1.54, 1.807) is 0 Å². The van der Waals surface area contributed by atoms with Crippen LogP contribution in [0.4, 0.5) is 0 Å². The molecule has 74 valence electrons. The molecule has 0 unspecified atom stereocenters. The van der Waals surface area contributed by atoms with Gasteiger partial charge >= 0.3 is 0 Å². The Bertz CT molecular complexity index is 79.9. The van der Waals surface area contributed by atoms with Crippen LogP contribution in [-0.4, -0.2) is 24.9 Å². The summed E-state index contributed by atoms with van der Waals surface area (Å²) in [5.74, 6) is 0. The third kappa shape index (κ3) is 8.02. The van der Waals surface area contributed by atoms with Crippen LogP contribution in [0.15, 0.2) is 0 Å². The highest BCUT2D eigenvalue weighted by Gasteiger charge is 2.20. The van der Waals surface area contributed by atoms with E-state index < -0.39 is 0 Å². The first-order valence-corrected chi connectivity index (χ1v) is 5.00. The SMILES string of the molecule is CCCCCCC[C@H]1CO1.CO. The fraction of sp³-hybridized carbons (Fsp3) is 1.00. The molecule has 0 aromatic rings. The molecular weight excluding hydrogens is 152 g/mol. The van der Waals surface area contributed by atoms with Crippen molar-refractivity contribution in [3.05, 3.63) is 0 Å². The molecule has 0 radical (unpaired) electrons. The van der Waals surface area contributed by atoms with Gasteiger partial charge < -0.3 is 9.84 Å². The largest absolute Gasteiger partial charge is 0.400 e. The lowest BCUT2D eigenvalue weighted by atomic mass is 10.1. The molecule has 0 amide bonds. The highest BCUT2D eigenvalue weighted by Crippen LogP contribution is 2.17. The van der Waals surface area contributed by atoms with Crippen LogP contribution in [0, 0.1) is 0 Å². The van der Waals surface area contributed by atoms with Gasteiger partial charge in [0.05, 0.1) is 12.7 Å². The monoisotopic (exact) mass is 174 g/mol. The first kappa shape index (κ1) is 11.9. The van der Waals surface area contributed by atoms with E-state index in [9.17, 15) is 0 Å². The van der Waals surface area contributed by atoms with E-state index in [1.807, 2.05) is 0 Å². The fourth-order valence-corrected chi connectivity index (χ4v) is 1.21. The van der Waals surface area contributed by atoms with Gasteiger partial charge in [0.2, 0.25) is 0 Å². The molecule has 0 aromatic carbocycles. The predicted molar refractivity (Wildman–Crippen MR) is 51.3 cm³/mol. The van der Waals surface area contributed by atoms with Gasteiger partial charge in [-0.1, -0.05) is 39.0 Å². The topological polar surface area (TPSA) is 32.8 Å². The van der Waals surface area contributed by atoms with Gasteiger partial charge in [-0.2, -0.15) is 0 Å². The van der Waals surface area contributed by atoms with Crippen molar-refractivity contribution in [3.63, 3.8) is 0 Å². The third-order valence-corrected chi connectivity index (χ3v) is 2.03. The molecule has 1 saturated heterocycles. The molecule has 1 fully saturated rings. The second-order valence-corrected chi connectivity index (χ2v) is 3.16. The molecular formula is C10H22O2. The molecule has 1 heterocycles. The van der Waals surface area contributed by atoms with Crippen LogP contribution in [0.25, 0.3) is 0 Å². The summed E-state index contributed by atoms with van der Waals surface area (Å²) < 4.78 is 5.12. The second kappa shape index (κ2) is 9.01. The van der Waals surface area contributed by atoms with Gasteiger partial charge in [0.25, 0.3) is 0 Å². The lowest BCUT2D eigenvalue weighted by Gasteiger charge is -1.96. The van der Waals surface area contributed by atoms with Crippen molar-refractivity contribution in [1.82, 2.24) is 0 Å². The van der Waals surface area contributed by atoms with E-state index in [2.05, 4.69) is 6.92 Å². The van der Waals surface area contributed by atoms with Gasteiger partial charge in [-0.25, -0.2) is 0 Å². The van der Waals surface area contributed by atoms with Crippen LogP contribution in [0.5, 0.6) is 0 Å². The maximum atomic E-state index is 7.00. The Hall–Kier alpha value is -0.0800. The number of aliphatic hydroxyl groups excluding tert-OH is 1. The van der Waals surface area contributed by atoms with Crippen LogP contribution in [0.2, 0.25) is 0 Å². The molecule has 1 atom stereocenters. The normalized spacial score (nSPS) is 19.8. The van der Waals surface area contributed by atoms with Gasteiger partial charge in [0, 0.05) is 7.11 Å². The Balaban J connectivity index is 0.000000561. The Morgan fingerprint density at radius 2 is 1.75 bits per heavy atom. The number of ether oxygens (including phenoxy) is 1. The molecule has 2 nitrogen and oxygen atoms in total. The summed E-state index contributed by atoms with van der Waals surface area (Å²) in [6, 6.07) is 0. The Kier molecular flexibility index (Phi) is 8.95. The highest BCUT2D eigenvalue weighted by molar-refractivity contribution is 4.67. The fourth-order valence-electron chi connectivity index (χ4n) is 1.21. The number of epoxide rings is 1. The van der Waals surface area contributed by atoms with Crippen LogP contribution in [0.1, 0.15) is 45.4 Å². The highest BCUT2D eigenvalue weighted by atomic mass is 16.6. The zero-order valence-electron chi connectivity index (χ0n) is 8.38. The summed E-state index contributed by atoms with van der Waals surface area (Å²) >= 11 is 0. The average Bonchev–Trinajstić information content (AvgIpc) is 2.92. The van der Waals surface area contributed by atoms with Gasteiger partial charge in [-0.3, -0.25) is 0 Å². The van der Waals surface area contributed by atoms with Crippen molar-refractivity contribution < 1.29 is 9.84 Å². The third-order valence-electron chi connectivity index (χ3n) is 2.03. The summed E-state index contributed by atoms with van der Waals surface area (Å²) in [5, 5.41) is 7.00. The molecule has 1 aliphatic heterocycles. The van der Waals surface area contributed by atoms with Crippen molar-refractivity contribution in [2.24, 2.45) is 0 Å². The van der Waals surface area contributed by atoms with Crippen molar-refractivity contribution in [2.75, 3.05) is 13.7 Å². The number of hydrogen-bond acceptors (Lipinski definition) is 2. The summed E-state index contributed by atoms with van der Waals surface area (Å²) in [6.07, 6.45) is 8.93. The maximum Gasteiger partial charge on any atom is 0.0810 e. The maximum absolute atomic E-state index is 7.00. The standard InChI is InChI=1S/C9H18O.CH4O/c1-2-3-4-5-6-7-9-8-10-9;1-2/h9H,2-8H2,1H3;2H,1H3/t9-;/m0./s1. The molecule has 0 spiro atoms. The molecule has 0 aromatic heterocycles. The summed E-state index contributed by atoms with van der Waals surface area (Å²) in [6.45, 7) is 3.29. The smallest absolute Gasteiger partial charge is 0.0810 e. The van der Waals surface area contributed by atoms with Crippen molar-refractivity contribution in [2.45, 2.75) is 51.6 Å².